The highest BCUT2D eigenvalue weighted by molar-refractivity contribution is 5.67. The van der Waals surface area contributed by atoms with Crippen molar-refractivity contribution >= 4 is 6.09 Å². The standard InChI is InChI=1S/C46H93NO6.2C3H8.H2/c1-4-6-8-10-12-14-16-18-20-22-24-26-28-30-32-34-38-51-43-45(44-53-46(48)47-37-36-39-50-42-41-49-3)52-40-35-33-31-29-27-25-23-21-19-17-15-13-11-9-7-5-2;2*1-3-2;/h45H,4-44H2,1-3H3,(H,47,48);2*3H2,1-2H3;1H. The maximum absolute atomic E-state index is 12.3. The lowest BCUT2D eigenvalue weighted by Crippen LogP contribution is -2.32. The average Bonchev–Trinajstić information content (AvgIpc) is 3.23. The van der Waals surface area contributed by atoms with E-state index in [-0.39, 0.29) is 14.1 Å². The maximum Gasteiger partial charge on any atom is 0.407 e. The van der Waals surface area contributed by atoms with Gasteiger partial charge in [-0.1, -0.05) is 247 Å². The number of hydrogen-bond acceptors (Lipinski definition) is 6. The molecule has 0 aromatic rings. The summed E-state index contributed by atoms with van der Waals surface area (Å²) in [5.41, 5.74) is 0. The van der Waals surface area contributed by atoms with Gasteiger partial charge in [-0.3, -0.25) is 0 Å². The van der Waals surface area contributed by atoms with Crippen molar-refractivity contribution in [3.63, 3.8) is 0 Å². The first-order valence-corrected chi connectivity index (χ1v) is 26.2. The van der Waals surface area contributed by atoms with Gasteiger partial charge in [-0.2, -0.15) is 0 Å². The fraction of sp³-hybridized carbons (Fsp3) is 0.981. The molecule has 360 valence electrons. The quantitative estimate of drug-likeness (QED) is 0.0615. The zero-order chi connectivity index (χ0) is 43.8. The molecule has 1 N–H and O–H groups in total. The molecule has 59 heavy (non-hydrogen) atoms. The van der Waals surface area contributed by atoms with Crippen molar-refractivity contribution in [3.05, 3.63) is 0 Å². The van der Waals surface area contributed by atoms with Gasteiger partial charge in [0.15, 0.2) is 0 Å². The van der Waals surface area contributed by atoms with Crippen LogP contribution < -0.4 is 5.32 Å². The summed E-state index contributed by atoms with van der Waals surface area (Å²) >= 11 is 0. The number of ether oxygens (including phenoxy) is 5. The second kappa shape index (κ2) is 61.4. The second-order valence-corrected chi connectivity index (χ2v) is 17.1. The molecule has 0 aliphatic heterocycles. The van der Waals surface area contributed by atoms with E-state index in [1.807, 2.05) is 0 Å². The molecule has 1 atom stereocenters. The minimum absolute atomic E-state index is 0. The van der Waals surface area contributed by atoms with Crippen molar-refractivity contribution in [2.24, 2.45) is 0 Å². The third-order valence-electron chi connectivity index (χ3n) is 10.4. The van der Waals surface area contributed by atoms with Crippen molar-refractivity contribution in [3.8, 4) is 0 Å². The van der Waals surface area contributed by atoms with Gasteiger partial charge < -0.3 is 29.0 Å². The third kappa shape index (κ3) is 63.9. The molecule has 0 saturated heterocycles. The van der Waals surface area contributed by atoms with E-state index < -0.39 is 6.09 Å². The van der Waals surface area contributed by atoms with Crippen LogP contribution in [0.3, 0.4) is 0 Å². The average molecular weight is 846 g/mol. The number of carbonyl (C=O) groups is 1. The first-order chi connectivity index (χ1) is 29.1. The molecule has 0 aliphatic carbocycles. The van der Waals surface area contributed by atoms with Gasteiger partial charge in [-0.25, -0.2) is 4.79 Å². The summed E-state index contributed by atoms with van der Waals surface area (Å²) < 4.78 is 28.1. The Morgan fingerprint density at radius 3 is 1.12 bits per heavy atom. The minimum atomic E-state index is -0.407. The van der Waals surface area contributed by atoms with E-state index in [2.05, 4.69) is 46.9 Å². The lowest BCUT2D eigenvalue weighted by atomic mass is 10.0. The smallest absolute Gasteiger partial charge is 0.407 e. The Morgan fingerprint density at radius 1 is 0.407 bits per heavy atom. The first-order valence-electron chi connectivity index (χ1n) is 26.2. The van der Waals surface area contributed by atoms with Crippen LogP contribution in [0.25, 0.3) is 0 Å². The van der Waals surface area contributed by atoms with Crippen molar-refractivity contribution in [1.82, 2.24) is 5.32 Å². The van der Waals surface area contributed by atoms with Crippen LogP contribution in [0.4, 0.5) is 4.79 Å². The SMILES string of the molecule is CCC.CCC.CCCCCCCCCCCCCCCCCCOCC(COC(=O)NCCCOCCOC)OCCCCCCCCCCCCCCCCCC.[HH]. The van der Waals surface area contributed by atoms with Crippen LogP contribution in [0, 0.1) is 0 Å². The van der Waals surface area contributed by atoms with Crippen LogP contribution in [-0.4, -0.2) is 72.1 Å². The van der Waals surface area contributed by atoms with Gasteiger partial charge in [-0.05, 0) is 19.3 Å². The van der Waals surface area contributed by atoms with Crippen LogP contribution in [0.5, 0.6) is 0 Å². The number of alkyl carbamates (subject to hydrolysis) is 1. The van der Waals surface area contributed by atoms with Crippen molar-refractivity contribution in [2.45, 2.75) is 272 Å². The molecular formula is C52H111NO6. The molecule has 0 aromatic heterocycles. The maximum atomic E-state index is 12.3. The van der Waals surface area contributed by atoms with Gasteiger partial charge in [0.25, 0.3) is 0 Å². The number of amides is 1. The van der Waals surface area contributed by atoms with Crippen LogP contribution in [0.1, 0.15) is 268 Å². The summed E-state index contributed by atoms with van der Waals surface area (Å²) in [4.78, 5) is 12.3. The summed E-state index contributed by atoms with van der Waals surface area (Å²) in [5, 5.41) is 2.81. The predicted molar refractivity (Wildman–Crippen MR) is 260 cm³/mol. The molecule has 0 saturated carbocycles. The van der Waals surface area contributed by atoms with Crippen molar-refractivity contribution < 1.29 is 29.9 Å². The Morgan fingerprint density at radius 2 is 0.746 bits per heavy atom. The monoisotopic (exact) mass is 846 g/mol. The molecule has 0 aliphatic rings. The lowest BCUT2D eigenvalue weighted by molar-refractivity contribution is -0.0468. The fourth-order valence-electron chi connectivity index (χ4n) is 6.84. The second-order valence-electron chi connectivity index (χ2n) is 17.1. The van der Waals surface area contributed by atoms with Crippen LogP contribution in [-0.2, 0) is 23.7 Å². The number of hydrogen-bond donors (Lipinski definition) is 1. The highest BCUT2D eigenvalue weighted by atomic mass is 16.6. The summed E-state index contributed by atoms with van der Waals surface area (Å²) in [7, 11) is 1.66. The largest absolute Gasteiger partial charge is 0.447 e. The Kier molecular flexibility index (Phi) is 65.0. The Balaban J connectivity index is -0.00000210. The topological polar surface area (TPSA) is 75.3 Å². The van der Waals surface area contributed by atoms with Gasteiger partial charge >= 0.3 is 6.09 Å². The normalized spacial score (nSPS) is 11.4. The molecule has 0 aromatic carbocycles. The molecule has 1 unspecified atom stereocenters. The number of nitrogens with one attached hydrogen (secondary N) is 1. The summed E-state index contributed by atoms with van der Waals surface area (Å²) in [6.07, 6.45) is 46.2. The molecule has 0 radical (unpaired) electrons. The molecule has 7 nitrogen and oxygen atoms in total. The number of unbranched alkanes of at least 4 members (excludes halogenated alkanes) is 30. The van der Waals surface area contributed by atoms with E-state index >= 15 is 0 Å². The lowest BCUT2D eigenvalue weighted by Gasteiger charge is -2.18. The van der Waals surface area contributed by atoms with E-state index in [1.54, 1.807) is 7.11 Å². The summed E-state index contributed by atoms with van der Waals surface area (Å²) in [6.45, 7) is 17.5. The fourth-order valence-corrected chi connectivity index (χ4v) is 6.84. The van der Waals surface area contributed by atoms with E-state index in [9.17, 15) is 4.79 Å². The summed E-state index contributed by atoms with van der Waals surface area (Å²) in [6, 6.07) is 0. The number of rotatable bonds is 46. The molecule has 0 bridgehead atoms. The van der Waals surface area contributed by atoms with E-state index in [0.29, 0.717) is 39.6 Å². The number of carbonyl (C=O) groups excluding carboxylic acids is 1. The molecular weight excluding hydrogens is 735 g/mol. The minimum Gasteiger partial charge on any atom is -0.447 e. The number of methoxy groups -OCH3 is 1. The van der Waals surface area contributed by atoms with Gasteiger partial charge in [0.2, 0.25) is 0 Å². The van der Waals surface area contributed by atoms with Crippen LogP contribution >= 0.6 is 0 Å². The van der Waals surface area contributed by atoms with E-state index in [0.717, 1.165) is 25.9 Å². The van der Waals surface area contributed by atoms with Crippen LogP contribution in [0.2, 0.25) is 0 Å². The Bertz CT molecular complexity index is 716. The summed E-state index contributed by atoms with van der Waals surface area (Å²) in [5.74, 6) is 0. The molecule has 0 heterocycles. The molecule has 7 heteroatoms. The zero-order valence-corrected chi connectivity index (χ0v) is 41.4. The highest BCUT2D eigenvalue weighted by Gasteiger charge is 2.13. The molecule has 0 rings (SSSR count). The van der Waals surface area contributed by atoms with E-state index in [4.69, 9.17) is 23.7 Å². The first kappa shape index (κ1) is 62.4. The van der Waals surface area contributed by atoms with Crippen LogP contribution in [0.15, 0.2) is 0 Å². The van der Waals surface area contributed by atoms with Gasteiger partial charge in [0.05, 0.1) is 19.8 Å². The predicted octanol–water partition coefficient (Wildman–Crippen LogP) is 16.8. The zero-order valence-electron chi connectivity index (χ0n) is 41.4. The van der Waals surface area contributed by atoms with Gasteiger partial charge in [0.1, 0.15) is 12.7 Å². The Hall–Kier alpha value is -0.890. The third-order valence-corrected chi connectivity index (χ3v) is 10.4. The molecule has 0 fully saturated rings. The molecule has 0 spiro atoms. The molecule has 1 amide bonds. The van der Waals surface area contributed by atoms with Gasteiger partial charge in [-0.15, -0.1) is 0 Å². The Labute approximate surface area is 372 Å². The van der Waals surface area contributed by atoms with Gasteiger partial charge in [0, 0.05) is 34.9 Å². The highest BCUT2D eigenvalue weighted by Crippen LogP contribution is 2.15. The van der Waals surface area contributed by atoms with E-state index in [1.165, 1.54) is 205 Å². The van der Waals surface area contributed by atoms with Crippen molar-refractivity contribution in [1.29, 1.82) is 0 Å². The van der Waals surface area contributed by atoms with Crippen molar-refractivity contribution in [2.75, 3.05) is 59.9 Å².